The Morgan fingerprint density at radius 1 is 1.32 bits per heavy atom. The van der Waals surface area contributed by atoms with Gasteiger partial charge in [0.2, 0.25) is 0 Å². The highest BCUT2D eigenvalue weighted by Crippen LogP contribution is 2.27. The Balaban J connectivity index is 2.28. The molecular formula is C13H8BrClFNO2. The molecule has 2 aromatic rings. The fraction of sp³-hybridized carbons (Fsp3) is 0. The number of carbonyl (C=O) groups is 1. The molecule has 2 aromatic carbocycles. The number of phenols is 1. The molecule has 0 bridgehead atoms. The standard InChI is InChI=1S/C13H8BrClFNO2/c14-9-3-1-2-8(12(9)15)13(19)17-11-5-4-7(18)6-10(11)16/h1-6,18H,(H,17,19). The molecule has 0 radical (unpaired) electrons. The van der Waals surface area contributed by atoms with Crippen LogP contribution in [0.2, 0.25) is 5.02 Å². The number of aromatic hydroxyl groups is 1. The van der Waals surface area contributed by atoms with Crippen LogP contribution in [0.1, 0.15) is 10.4 Å². The Labute approximate surface area is 122 Å². The Kier molecular flexibility index (Phi) is 4.07. The quantitative estimate of drug-likeness (QED) is 0.802. The monoisotopic (exact) mass is 343 g/mol. The van der Waals surface area contributed by atoms with Crippen molar-refractivity contribution in [3.8, 4) is 5.75 Å². The van der Waals surface area contributed by atoms with E-state index in [2.05, 4.69) is 21.2 Å². The van der Waals surface area contributed by atoms with Gasteiger partial charge in [0, 0.05) is 10.5 Å². The second-order valence-electron chi connectivity index (χ2n) is 3.72. The van der Waals surface area contributed by atoms with Crippen molar-refractivity contribution in [2.45, 2.75) is 0 Å². The minimum absolute atomic E-state index is 0.0288. The molecule has 0 unspecified atom stereocenters. The first-order valence-electron chi connectivity index (χ1n) is 5.23. The Hall–Kier alpha value is -1.59. The lowest BCUT2D eigenvalue weighted by atomic mass is 10.2. The predicted octanol–water partition coefficient (Wildman–Crippen LogP) is 4.20. The maximum atomic E-state index is 13.5. The summed E-state index contributed by atoms with van der Waals surface area (Å²) in [6.07, 6.45) is 0. The maximum Gasteiger partial charge on any atom is 0.257 e. The van der Waals surface area contributed by atoms with Gasteiger partial charge in [-0.15, -0.1) is 0 Å². The second-order valence-corrected chi connectivity index (χ2v) is 4.95. The average Bonchev–Trinajstić information content (AvgIpc) is 2.36. The third-order valence-corrected chi connectivity index (χ3v) is 3.69. The smallest absolute Gasteiger partial charge is 0.257 e. The van der Waals surface area contributed by atoms with Crippen molar-refractivity contribution in [1.29, 1.82) is 0 Å². The van der Waals surface area contributed by atoms with Gasteiger partial charge in [-0.2, -0.15) is 0 Å². The van der Waals surface area contributed by atoms with Crippen molar-refractivity contribution in [2.24, 2.45) is 0 Å². The van der Waals surface area contributed by atoms with E-state index in [1.807, 2.05) is 0 Å². The molecule has 6 heteroatoms. The van der Waals surface area contributed by atoms with Crippen molar-refractivity contribution in [2.75, 3.05) is 5.32 Å². The third-order valence-electron chi connectivity index (χ3n) is 2.40. The molecule has 0 spiro atoms. The van der Waals surface area contributed by atoms with Crippen LogP contribution in [0.5, 0.6) is 5.75 Å². The lowest BCUT2D eigenvalue weighted by Gasteiger charge is -2.08. The van der Waals surface area contributed by atoms with E-state index in [-0.39, 0.29) is 22.0 Å². The Bertz CT molecular complexity index is 649. The zero-order valence-electron chi connectivity index (χ0n) is 9.45. The number of rotatable bonds is 2. The number of phenolic OH excluding ortho intramolecular Hbond substituents is 1. The second kappa shape index (κ2) is 5.59. The minimum Gasteiger partial charge on any atom is -0.508 e. The van der Waals surface area contributed by atoms with Gasteiger partial charge in [0.15, 0.2) is 0 Å². The number of carbonyl (C=O) groups excluding carboxylic acids is 1. The molecule has 3 nitrogen and oxygen atoms in total. The van der Waals surface area contributed by atoms with Gasteiger partial charge in [0.1, 0.15) is 11.6 Å². The molecule has 0 saturated heterocycles. The summed E-state index contributed by atoms with van der Waals surface area (Å²) >= 11 is 9.18. The Morgan fingerprint density at radius 2 is 2.05 bits per heavy atom. The fourth-order valence-corrected chi connectivity index (χ4v) is 2.05. The zero-order chi connectivity index (χ0) is 14.0. The summed E-state index contributed by atoms with van der Waals surface area (Å²) < 4.78 is 14.1. The van der Waals surface area contributed by atoms with E-state index >= 15 is 0 Å². The van der Waals surface area contributed by atoms with E-state index in [1.165, 1.54) is 18.2 Å². The number of anilines is 1. The largest absolute Gasteiger partial charge is 0.508 e. The average molecular weight is 345 g/mol. The van der Waals surface area contributed by atoms with Crippen LogP contribution >= 0.6 is 27.5 Å². The normalized spacial score (nSPS) is 10.3. The lowest BCUT2D eigenvalue weighted by molar-refractivity contribution is 0.102. The number of nitrogens with one attached hydrogen (secondary N) is 1. The number of amides is 1. The first kappa shape index (κ1) is 13.8. The van der Waals surface area contributed by atoms with E-state index in [1.54, 1.807) is 12.1 Å². The molecule has 0 atom stereocenters. The van der Waals surface area contributed by atoms with Crippen LogP contribution in [0.3, 0.4) is 0 Å². The highest BCUT2D eigenvalue weighted by Gasteiger charge is 2.14. The van der Waals surface area contributed by atoms with Crippen molar-refractivity contribution in [3.05, 3.63) is 57.3 Å². The van der Waals surface area contributed by atoms with Gasteiger partial charge in [-0.3, -0.25) is 4.79 Å². The molecule has 2 rings (SSSR count). The molecule has 0 aromatic heterocycles. The molecule has 98 valence electrons. The summed E-state index contributed by atoms with van der Waals surface area (Å²) in [6.45, 7) is 0. The predicted molar refractivity (Wildman–Crippen MR) is 75.2 cm³/mol. The zero-order valence-corrected chi connectivity index (χ0v) is 11.8. The van der Waals surface area contributed by atoms with E-state index in [0.717, 1.165) is 6.07 Å². The topological polar surface area (TPSA) is 49.3 Å². The molecule has 2 N–H and O–H groups in total. The summed E-state index contributed by atoms with van der Waals surface area (Å²) in [5.74, 6) is -1.47. The van der Waals surface area contributed by atoms with Gasteiger partial charge in [0.05, 0.1) is 16.3 Å². The summed E-state index contributed by atoms with van der Waals surface area (Å²) in [4.78, 5) is 12.0. The highest BCUT2D eigenvalue weighted by atomic mass is 79.9. The highest BCUT2D eigenvalue weighted by molar-refractivity contribution is 9.10. The van der Waals surface area contributed by atoms with Crippen molar-refractivity contribution < 1.29 is 14.3 Å². The molecule has 1 amide bonds. The first-order valence-corrected chi connectivity index (χ1v) is 6.40. The molecule has 0 heterocycles. The van der Waals surface area contributed by atoms with Gasteiger partial charge in [-0.25, -0.2) is 4.39 Å². The van der Waals surface area contributed by atoms with Crippen molar-refractivity contribution in [3.63, 3.8) is 0 Å². The van der Waals surface area contributed by atoms with Crippen LogP contribution in [0.4, 0.5) is 10.1 Å². The van der Waals surface area contributed by atoms with Gasteiger partial charge < -0.3 is 10.4 Å². The minimum atomic E-state index is -0.723. The van der Waals surface area contributed by atoms with Crippen LogP contribution in [0.15, 0.2) is 40.9 Å². The van der Waals surface area contributed by atoms with Crippen LogP contribution in [0, 0.1) is 5.82 Å². The molecule has 19 heavy (non-hydrogen) atoms. The van der Waals surface area contributed by atoms with Gasteiger partial charge in [0.25, 0.3) is 5.91 Å². The van der Waals surface area contributed by atoms with Crippen LogP contribution in [0.25, 0.3) is 0 Å². The number of hydrogen-bond donors (Lipinski definition) is 2. The first-order chi connectivity index (χ1) is 8.99. The number of halogens is 3. The van der Waals surface area contributed by atoms with Crippen LogP contribution < -0.4 is 5.32 Å². The SMILES string of the molecule is O=C(Nc1ccc(O)cc1F)c1cccc(Br)c1Cl. The molecule has 0 aliphatic carbocycles. The number of benzene rings is 2. The van der Waals surface area contributed by atoms with Gasteiger partial charge >= 0.3 is 0 Å². The summed E-state index contributed by atoms with van der Waals surface area (Å²) in [5.41, 5.74) is 0.197. The summed E-state index contributed by atoms with van der Waals surface area (Å²) in [6, 6.07) is 8.34. The third kappa shape index (κ3) is 3.05. The van der Waals surface area contributed by atoms with E-state index < -0.39 is 11.7 Å². The molecule has 0 saturated carbocycles. The van der Waals surface area contributed by atoms with E-state index in [9.17, 15) is 9.18 Å². The number of hydrogen-bond acceptors (Lipinski definition) is 2. The van der Waals surface area contributed by atoms with E-state index in [4.69, 9.17) is 16.7 Å². The fourth-order valence-electron chi connectivity index (χ4n) is 1.47. The van der Waals surface area contributed by atoms with E-state index in [0.29, 0.717) is 4.47 Å². The summed E-state index contributed by atoms with van der Waals surface area (Å²) in [5, 5.41) is 11.7. The van der Waals surface area contributed by atoms with Crippen molar-refractivity contribution in [1.82, 2.24) is 0 Å². The van der Waals surface area contributed by atoms with Crippen LogP contribution in [-0.4, -0.2) is 11.0 Å². The molecule has 0 aliphatic rings. The van der Waals surface area contributed by atoms with Crippen LogP contribution in [-0.2, 0) is 0 Å². The maximum absolute atomic E-state index is 13.5. The summed E-state index contributed by atoms with van der Waals surface area (Å²) in [7, 11) is 0. The Morgan fingerprint density at radius 3 is 2.74 bits per heavy atom. The van der Waals surface area contributed by atoms with Gasteiger partial charge in [-0.1, -0.05) is 17.7 Å². The molecular weight excluding hydrogens is 337 g/mol. The van der Waals surface area contributed by atoms with Crippen molar-refractivity contribution >= 4 is 39.1 Å². The lowest BCUT2D eigenvalue weighted by Crippen LogP contribution is -2.13. The molecule has 0 fully saturated rings. The molecule has 0 aliphatic heterocycles. The van der Waals surface area contributed by atoms with Gasteiger partial charge in [-0.05, 0) is 40.2 Å².